The van der Waals surface area contributed by atoms with E-state index in [9.17, 15) is 4.39 Å². The topological polar surface area (TPSA) is 25.4 Å². The van der Waals surface area contributed by atoms with Crippen LogP contribution in [0.1, 0.15) is 30.4 Å². The quantitative estimate of drug-likeness (QED) is 0.846. The van der Waals surface area contributed by atoms with Crippen LogP contribution in [-0.2, 0) is 17.7 Å². The van der Waals surface area contributed by atoms with Gasteiger partial charge in [0.15, 0.2) is 0 Å². The summed E-state index contributed by atoms with van der Waals surface area (Å²) in [5.41, 5.74) is 2.55. The van der Waals surface area contributed by atoms with Crippen molar-refractivity contribution in [2.45, 2.75) is 37.8 Å². The lowest BCUT2D eigenvalue weighted by molar-refractivity contribution is -0.0450. The number of hydrogen-bond acceptors (Lipinski definition) is 3. The van der Waals surface area contributed by atoms with E-state index in [2.05, 4.69) is 16.0 Å². The van der Waals surface area contributed by atoms with Gasteiger partial charge in [-0.1, -0.05) is 18.2 Å². The molecule has 0 N–H and O–H groups in total. The molecule has 0 saturated carbocycles. The minimum atomic E-state index is -0.163. The maximum absolute atomic E-state index is 13.0. The van der Waals surface area contributed by atoms with Crippen LogP contribution in [0.2, 0.25) is 0 Å². The molecule has 3 heterocycles. The molecule has 2 saturated heterocycles. The lowest BCUT2D eigenvalue weighted by Crippen LogP contribution is -2.43. The molecule has 1 unspecified atom stereocenters. The van der Waals surface area contributed by atoms with Crippen LogP contribution < -0.4 is 0 Å². The Morgan fingerprint density at radius 2 is 1.92 bits per heavy atom. The molecule has 2 aliphatic rings. The predicted molar refractivity (Wildman–Crippen MR) is 95.6 cm³/mol. The van der Waals surface area contributed by atoms with E-state index in [4.69, 9.17) is 4.74 Å². The van der Waals surface area contributed by atoms with E-state index >= 15 is 0 Å². The van der Waals surface area contributed by atoms with Crippen molar-refractivity contribution in [1.29, 1.82) is 0 Å². The molecule has 0 radical (unpaired) electrons. The summed E-state index contributed by atoms with van der Waals surface area (Å²) in [5.74, 6) is 0.388. The molecule has 1 aromatic carbocycles. The lowest BCUT2D eigenvalue weighted by atomic mass is 9.83. The van der Waals surface area contributed by atoms with Crippen molar-refractivity contribution in [2.24, 2.45) is 5.92 Å². The van der Waals surface area contributed by atoms with Crippen molar-refractivity contribution >= 4 is 0 Å². The van der Waals surface area contributed by atoms with Crippen LogP contribution in [0.5, 0.6) is 0 Å². The van der Waals surface area contributed by atoms with Gasteiger partial charge in [0.05, 0.1) is 12.2 Å². The molecule has 0 bridgehead atoms. The highest BCUT2D eigenvalue weighted by atomic mass is 19.1. The predicted octanol–water partition coefficient (Wildman–Crippen LogP) is 3.83. The van der Waals surface area contributed by atoms with Gasteiger partial charge in [-0.25, -0.2) is 4.39 Å². The van der Waals surface area contributed by atoms with Crippen LogP contribution in [0.3, 0.4) is 0 Å². The van der Waals surface area contributed by atoms with E-state index in [0.717, 1.165) is 51.9 Å². The number of rotatable bonds is 4. The van der Waals surface area contributed by atoms with Gasteiger partial charge in [-0.3, -0.25) is 9.88 Å². The van der Waals surface area contributed by atoms with E-state index in [1.807, 2.05) is 30.6 Å². The van der Waals surface area contributed by atoms with Crippen LogP contribution in [0.25, 0.3) is 0 Å². The van der Waals surface area contributed by atoms with E-state index in [0.29, 0.717) is 5.92 Å². The first-order chi connectivity index (χ1) is 12.2. The average Bonchev–Trinajstić information content (AvgIpc) is 3.03. The fraction of sp³-hybridized carbons (Fsp3) is 0.476. The van der Waals surface area contributed by atoms with Gasteiger partial charge in [0.2, 0.25) is 0 Å². The third kappa shape index (κ3) is 4.07. The summed E-state index contributed by atoms with van der Waals surface area (Å²) in [6.07, 6.45) is 8.10. The van der Waals surface area contributed by atoms with Crippen molar-refractivity contribution in [2.75, 3.05) is 19.7 Å². The fourth-order valence-electron chi connectivity index (χ4n) is 4.24. The second-order valence-corrected chi connectivity index (χ2v) is 7.53. The molecule has 2 aromatic rings. The van der Waals surface area contributed by atoms with Gasteiger partial charge < -0.3 is 4.74 Å². The Kier molecular flexibility index (Phi) is 4.82. The molecule has 0 amide bonds. The van der Waals surface area contributed by atoms with Crippen molar-refractivity contribution in [3.63, 3.8) is 0 Å². The number of benzene rings is 1. The first-order valence-electron chi connectivity index (χ1n) is 9.20. The summed E-state index contributed by atoms with van der Waals surface area (Å²) < 4.78 is 19.3. The SMILES string of the molecule is Fc1ccc(CC2COC3(CCN(Cc4cccnc4)CC3)C2)cc1. The smallest absolute Gasteiger partial charge is 0.123 e. The summed E-state index contributed by atoms with van der Waals surface area (Å²) >= 11 is 0. The molecular weight excluding hydrogens is 315 g/mol. The van der Waals surface area contributed by atoms with Crippen LogP contribution in [0, 0.1) is 11.7 Å². The number of pyridine rings is 1. The minimum Gasteiger partial charge on any atom is -0.375 e. The normalized spacial score (nSPS) is 23.2. The molecule has 0 aliphatic carbocycles. The van der Waals surface area contributed by atoms with Crippen LogP contribution >= 0.6 is 0 Å². The molecule has 2 fully saturated rings. The monoisotopic (exact) mass is 340 g/mol. The van der Waals surface area contributed by atoms with Crippen molar-refractivity contribution in [3.05, 3.63) is 65.7 Å². The molecule has 25 heavy (non-hydrogen) atoms. The number of halogens is 1. The number of hydrogen-bond donors (Lipinski definition) is 0. The molecule has 132 valence electrons. The first kappa shape index (κ1) is 16.7. The van der Waals surface area contributed by atoms with Gasteiger partial charge in [-0.05, 0) is 60.9 Å². The largest absolute Gasteiger partial charge is 0.375 e. The Hall–Kier alpha value is -1.78. The Morgan fingerprint density at radius 3 is 2.64 bits per heavy atom. The maximum Gasteiger partial charge on any atom is 0.123 e. The van der Waals surface area contributed by atoms with Crippen LogP contribution in [0.15, 0.2) is 48.8 Å². The number of aromatic nitrogens is 1. The average molecular weight is 340 g/mol. The van der Waals surface area contributed by atoms with E-state index < -0.39 is 0 Å². The Bertz CT molecular complexity index is 681. The molecular formula is C21H25FN2O. The molecule has 1 spiro atoms. The van der Waals surface area contributed by atoms with Crippen molar-refractivity contribution in [3.8, 4) is 0 Å². The fourth-order valence-corrected chi connectivity index (χ4v) is 4.24. The molecule has 1 aromatic heterocycles. The van der Waals surface area contributed by atoms with E-state index in [-0.39, 0.29) is 11.4 Å². The summed E-state index contributed by atoms with van der Waals surface area (Å²) in [5, 5.41) is 0. The zero-order valence-corrected chi connectivity index (χ0v) is 14.5. The second-order valence-electron chi connectivity index (χ2n) is 7.53. The van der Waals surface area contributed by atoms with Gasteiger partial charge in [0.25, 0.3) is 0 Å². The second kappa shape index (κ2) is 7.22. The summed E-state index contributed by atoms with van der Waals surface area (Å²) in [4.78, 5) is 6.70. The highest BCUT2D eigenvalue weighted by Gasteiger charge is 2.42. The Balaban J connectivity index is 1.29. The van der Waals surface area contributed by atoms with Gasteiger partial charge in [0, 0.05) is 32.0 Å². The molecule has 3 nitrogen and oxygen atoms in total. The van der Waals surface area contributed by atoms with Crippen molar-refractivity contribution < 1.29 is 9.13 Å². The third-order valence-corrected chi connectivity index (χ3v) is 5.62. The van der Waals surface area contributed by atoms with Gasteiger partial charge in [-0.15, -0.1) is 0 Å². The number of ether oxygens (including phenoxy) is 1. The van der Waals surface area contributed by atoms with Crippen molar-refractivity contribution in [1.82, 2.24) is 9.88 Å². The maximum atomic E-state index is 13.0. The van der Waals surface area contributed by atoms with Gasteiger partial charge in [0.1, 0.15) is 5.82 Å². The molecule has 4 rings (SSSR count). The standard InChI is InChI=1S/C21H25FN2O/c22-20-5-3-17(4-6-20)12-19-13-21(25-16-19)7-10-24(11-8-21)15-18-2-1-9-23-14-18/h1-6,9,14,19H,7-8,10-13,15-16H2. The van der Waals surface area contributed by atoms with Gasteiger partial charge in [-0.2, -0.15) is 0 Å². The van der Waals surface area contributed by atoms with Crippen LogP contribution in [0.4, 0.5) is 4.39 Å². The molecule has 4 heteroatoms. The molecule has 2 aliphatic heterocycles. The van der Waals surface area contributed by atoms with E-state index in [1.54, 1.807) is 12.1 Å². The minimum absolute atomic E-state index is 0.0656. The van der Waals surface area contributed by atoms with Gasteiger partial charge >= 0.3 is 0 Å². The summed E-state index contributed by atoms with van der Waals surface area (Å²) in [6.45, 7) is 3.97. The number of nitrogens with zero attached hydrogens (tertiary/aromatic N) is 2. The third-order valence-electron chi connectivity index (χ3n) is 5.62. The first-order valence-corrected chi connectivity index (χ1v) is 9.20. The van der Waals surface area contributed by atoms with Crippen LogP contribution in [-0.4, -0.2) is 35.2 Å². The summed E-state index contributed by atoms with van der Waals surface area (Å²) in [6, 6.07) is 11.0. The number of piperidine rings is 1. The highest BCUT2D eigenvalue weighted by molar-refractivity contribution is 5.17. The Morgan fingerprint density at radius 1 is 1.12 bits per heavy atom. The Labute approximate surface area is 148 Å². The highest BCUT2D eigenvalue weighted by Crippen LogP contribution is 2.40. The lowest BCUT2D eigenvalue weighted by Gasteiger charge is -2.38. The zero-order valence-electron chi connectivity index (χ0n) is 14.5. The zero-order chi connectivity index (χ0) is 17.1. The molecule has 1 atom stereocenters. The van der Waals surface area contributed by atoms with E-state index in [1.165, 1.54) is 11.1 Å². The summed E-state index contributed by atoms with van der Waals surface area (Å²) in [7, 11) is 0. The number of likely N-dealkylation sites (tertiary alicyclic amines) is 1.